The maximum atomic E-state index is 12.1. The van der Waals surface area contributed by atoms with Gasteiger partial charge in [0, 0.05) is 25.1 Å². The van der Waals surface area contributed by atoms with Gasteiger partial charge in [-0.15, -0.1) is 0 Å². The molecule has 0 atom stereocenters. The number of piperidine rings is 1. The van der Waals surface area contributed by atoms with Crippen molar-refractivity contribution in [1.82, 2.24) is 14.9 Å². The molecular weight excluding hydrogens is 276 g/mol. The second-order valence-electron chi connectivity index (χ2n) is 5.05. The summed E-state index contributed by atoms with van der Waals surface area (Å²) in [5, 5.41) is 3.55. The fourth-order valence-corrected chi connectivity index (χ4v) is 2.46. The minimum Gasteiger partial charge on any atom is -0.361 e. The highest BCUT2D eigenvalue weighted by Crippen LogP contribution is 2.20. The Kier molecular flexibility index (Phi) is 5.17. The smallest absolute Gasteiger partial charge is 0.241 e. The number of nitrogens with zero attached hydrogens (tertiary/aromatic N) is 3. The van der Waals surface area contributed by atoms with Crippen LogP contribution in [0, 0.1) is 6.92 Å². The number of anilines is 1. The van der Waals surface area contributed by atoms with Crippen molar-refractivity contribution in [2.45, 2.75) is 39.5 Å². The minimum absolute atomic E-state index is 0.122. The molecule has 1 aromatic heterocycles. The normalized spacial score (nSPS) is 15.2. The van der Waals surface area contributed by atoms with Crippen molar-refractivity contribution < 1.29 is 4.79 Å². The van der Waals surface area contributed by atoms with E-state index in [1.165, 1.54) is 6.42 Å². The van der Waals surface area contributed by atoms with Gasteiger partial charge in [-0.1, -0.05) is 18.5 Å². The second kappa shape index (κ2) is 6.88. The highest BCUT2D eigenvalue weighted by Gasteiger charge is 2.17. The van der Waals surface area contributed by atoms with Crippen LogP contribution in [-0.2, 0) is 11.2 Å². The molecule has 5 nitrogen and oxygen atoms in total. The predicted molar refractivity (Wildman–Crippen MR) is 80.1 cm³/mol. The van der Waals surface area contributed by atoms with Crippen molar-refractivity contribution in [3.63, 3.8) is 0 Å². The van der Waals surface area contributed by atoms with Gasteiger partial charge in [0.2, 0.25) is 5.91 Å². The molecular formula is C14H21ClN4O. The van der Waals surface area contributed by atoms with E-state index in [0.29, 0.717) is 16.8 Å². The van der Waals surface area contributed by atoms with Crippen LogP contribution in [0.1, 0.15) is 37.6 Å². The number of nitrogens with one attached hydrogen (secondary N) is 1. The molecule has 1 aliphatic heterocycles. The predicted octanol–water partition coefficient (Wildman–Crippen LogP) is 2.43. The van der Waals surface area contributed by atoms with Gasteiger partial charge in [-0.3, -0.25) is 4.79 Å². The lowest BCUT2D eigenvalue weighted by Crippen LogP contribution is -2.39. The van der Waals surface area contributed by atoms with Crippen LogP contribution in [0.5, 0.6) is 0 Å². The monoisotopic (exact) mass is 296 g/mol. The molecule has 1 N–H and O–H groups in total. The first-order valence-electron chi connectivity index (χ1n) is 7.16. The highest BCUT2D eigenvalue weighted by atomic mass is 35.5. The van der Waals surface area contributed by atoms with Crippen molar-refractivity contribution in [2.75, 3.05) is 25.0 Å². The molecule has 20 heavy (non-hydrogen) atoms. The molecule has 0 unspecified atom stereocenters. The first-order chi connectivity index (χ1) is 9.61. The zero-order chi connectivity index (χ0) is 14.5. The minimum atomic E-state index is 0.122. The van der Waals surface area contributed by atoms with Gasteiger partial charge in [0.25, 0.3) is 0 Å². The summed E-state index contributed by atoms with van der Waals surface area (Å²) >= 11 is 6.08. The maximum Gasteiger partial charge on any atom is 0.241 e. The molecule has 6 heteroatoms. The van der Waals surface area contributed by atoms with Crippen LogP contribution in [-0.4, -0.2) is 40.4 Å². The van der Waals surface area contributed by atoms with Crippen molar-refractivity contribution in [2.24, 2.45) is 0 Å². The molecule has 1 saturated heterocycles. The molecule has 1 fully saturated rings. The highest BCUT2D eigenvalue weighted by molar-refractivity contribution is 6.30. The maximum absolute atomic E-state index is 12.1. The molecule has 0 aromatic carbocycles. The zero-order valence-corrected chi connectivity index (χ0v) is 12.8. The average molecular weight is 297 g/mol. The molecule has 2 rings (SSSR count). The fraction of sp³-hybridized carbons (Fsp3) is 0.643. The standard InChI is InChI=1S/C14H21ClN4O/c1-3-11-17-13(15)10(2)14(18-11)16-9-12(20)19-7-5-4-6-8-19/h3-9H2,1-2H3,(H,16,17,18). The van der Waals surface area contributed by atoms with Gasteiger partial charge in [0.15, 0.2) is 0 Å². The number of carbonyl (C=O) groups excluding carboxylic acids is 1. The Balaban J connectivity index is 1.99. The molecule has 0 aliphatic carbocycles. The van der Waals surface area contributed by atoms with Crippen molar-refractivity contribution >= 4 is 23.3 Å². The van der Waals surface area contributed by atoms with E-state index in [2.05, 4.69) is 15.3 Å². The number of hydrogen-bond donors (Lipinski definition) is 1. The first-order valence-corrected chi connectivity index (χ1v) is 7.54. The van der Waals surface area contributed by atoms with Crippen LogP contribution in [0.4, 0.5) is 5.82 Å². The largest absolute Gasteiger partial charge is 0.361 e. The van der Waals surface area contributed by atoms with E-state index in [-0.39, 0.29) is 12.5 Å². The zero-order valence-electron chi connectivity index (χ0n) is 12.1. The topological polar surface area (TPSA) is 58.1 Å². The molecule has 1 aliphatic rings. The molecule has 0 radical (unpaired) electrons. The average Bonchev–Trinajstić information content (AvgIpc) is 2.49. The van der Waals surface area contributed by atoms with E-state index in [4.69, 9.17) is 11.6 Å². The summed E-state index contributed by atoms with van der Waals surface area (Å²) < 4.78 is 0. The lowest BCUT2D eigenvalue weighted by Gasteiger charge is -2.27. The van der Waals surface area contributed by atoms with Gasteiger partial charge in [-0.25, -0.2) is 9.97 Å². The third-order valence-corrected chi connectivity index (χ3v) is 3.93. The summed E-state index contributed by atoms with van der Waals surface area (Å²) in [6, 6.07) is 0. The molecule has 0 spiro atoms. The number of aryl methyl sites for hydroxylation is 1. The van der Waals surface area contributed by atoms with Crippen molar-refractivity contribution in [3.8, 4) is 0 Å². The van der Waals surface area contributed by atoms with E-state index in [1.54, 1.807) is 0 Å². The Hall–Kier alpha value is -1.36. The Morgan fingerprint density at radius 1 is 1.30 bits per heavy atom. The number of hydrogen-bond acceptors (Lipinski definition) is 4. The number of carbonyl (C=O) groups is 1. The van der Waals surface area contributed by atoms with Crippen LogP contribution in [0.15, 0.2) is 0 Å². The van der Waals surface area contributed by atoms with Crippen molar-refractivity contribution in [3.05, 3.63) is 16.5 Å². The Morgan fingerprint density at radius 3 is 2.65 bits per heavy atom. The molecule has 0 saturated carbocycles. The quantitative estimate of drug-likeness (QED) is 0.867. The Bertz CT molecular complexity index is 486. The molecule has 1 amide bonds. The summed E-state index contributed by atoms with van der Waals surface area (Å²) in [5.41, 5.74) is 0.787. The summed E-state index contributed by atoms with van der Waals surface area (Å²) in [4.78, 5) is 22.6. The molecule has 2 heterocycles. The van der Waals surface area contributed by atoms with Crippen LogP contribution in [0.2, 0.25) is 5.15 Å². The number of rotatable bonds is 4. The SMILES string of the molecule is CCc1nc(Cl)c(C)c(NCC(=O)N2CCCCC2)n1. The lowest BCUT2D eigenvalue weighted by molar-refractivity contribution is -0.130. The first kappa shape index (κ1) is 15.0. The van der Waals surface area contributed by atoms with Crippen LogP contribution < -0.4 is 5.32 Å². The van der Waals surface area contributed by atoms with Crippen LogP contribution in [0.25, 0.3) is 0 Å². The van der Waals surface area contributed by atoms with Gasteiger partial charge in [-0.2, -0.15) is 0 Å². The van der Waals surface area contributed by atoms with E-state index >= 15 is 0 Å². The number of halogens is 1. The van der Waals surface area contributed by atoms with Gasteiger partial charge >= 0.3 is 0 Å². The summed E-state index contributed by atoms with van der Waals surface area (Å²) in [6.45, 7) is 5.82. The third kappa shape index (κ3) is 3.60. The summed E-state index contributed by atoms with van der Waals surface area (Å²) in [5.74, 6) is 1.47. The van der Waals surface area contributed by atoms with Crippen LogP contribution >= 0.6 is 11.6 Å². The van der Waals surface area contributed by atoms with Gasteiger partial charge in [-0.05, 0) is 26.2 Å². The summed E-state index contributed by atoms with van der Waals surface area (Å²) in [6.07, 6.45) is 4.14. The molecule has 0 bridgehead atoms. The van der Waals surface area contributed by atoms with Gasteiger partial charge < -0.3 is 10.2 Å². The fourth-order valence-electron chi connectivity index (χ4n) is 2.28. The molecule has 1 aromatic rings. The van der Waals surface area contributed by atoms with Gasteiger partial charge in [0.05, 0.1) is 6.54 Å². The summed E-state index contributed by atoms with van der Waals surface area (Å²) in [7, 11) is 0. The number of amides is 1. The Labute approximate surface area is 124 Å². The van der Waals surface area contributed by atoms with E-state index in [1.807, 2.05) is 18.7 Å². The lowest BCUT2D eigenvalue weighted by atomic mass is 10.1. The molecule has 110 valence electrons. The van der Waals surface area contributed by atoms with Crippen LogP contribution in [0.3, 0.4) is 0 Å². The Morgan fingerprint density at radius 2 is 2.00 bits per heavy atom. The second-order valence-corrected chi connectivity index (χ2v) is 5.41. The van der Waals surface area contributed by atoms with E-state index in [0.717, 1.165) is 37.9 Å². The van der Waals surface area contributed by atoms with E-state index < -0.39 is 0 Å². The third-order valence-electron chi connectivity index (χ3n) is 3.56. The number of likely N-dealkylation sites (tertiary alicyclic amines) is 1. The van der Waals surface area contributed by atoms with Crippen molar-refractivity contribution in [1.29, 1.82) is 0 Å². The van der Waals surface area contributed by atoms with E-state index in [9.17, 15) is 4.79 Å². The number of aromatic nitrogens is 2. The van der Waals surface area contributed by atoms with Gasteiger partial charge in [0.1, 0.15) is 16.8 Å².